The SMILES string of the molecule is CC(CN)c1cc2c(cc1Cl)OCC(C)(C)CO2. The van der Waals surface area contributed by atoms with Crippen LogP contribution in [0.2, 0.25) is 5.02 Å². The molecule has 1 aliphatic heterocycles. The number of hydrogen-bond donors (Lipinski definition) is 1. The molecule has 0 radical (unpaired) electrons. The summed E-state index contributed by atoms with van der Waals surface area (Å²) in [6.45, 7) is 8.11. The van der Waals surface area contributed by atoms with E-state index < -0.39 is 0 Å². The summed E-state index contributed by atoms with van der Waals surface area (Å²) >= 11 is 6.27. The highest BCUT2D eigenvalue weighted by atomic mass is 35.5. The average molecular weight is 270 g/mol. The molecular formula is C14H20ClNO2. The highest BCUT2D eigenvalue weighted by Gasteiger charge is 2.26. The van der Waals surface area contributed by atoms with Crippen molar-refractivity contribution in [1.29, 1.82) is 0 Å². The summed E-state index contributed by atoms with van der Waals surface area (Å²) in [6, 6.07) is 3.79. The number of benzene rings is 1. The van der Waals surface area contributed by atoms with E-state index >= 15 is 0 Å². The lowest BCUT2D eigenvalue weighted by Crippen LogP contribution is -2.26. The van der Waals surface area contributed by atoms with Crippen LogP contribution in [0.1, 0.15) is 32.3 Å². The van der Waals surface area contributed by atoms with E-state index in [0.29, 0.717) is 24.8 Å². The molecule has 0 aromatic heterocycles. The first kappa shape index (κ1) is 13.5. The second-order valence-corrected chi connectivity index (χ2v) is 6.11. The molecule has 1 aromatic rings. The van der Waals surface area contributed by atoms with Gasteiger partial charge in [0.2, 0.25) is 0 Å². The minimum atomic E-state index is 0.00510. The quantitative estimate of drug-likeness (QED) is 0.897. The third kappa shape index (κ3) is 2.73. The Morgan fingerprint density at radius 3 is 2.39 bits per heavy atom. The first-order valence-electron chi connectivity index (χ1n) is 6.22. The van der Waals surface area contributed by atoms with Crippen LogP contribution in [0.15, 0.2) is 12.1 Å². The Balaban J connectivity index is 2.35. The van der Waals surface area contributed by atoms with E-state index in [2.05, 4.69) is 20.8 Å². The fourth-order valence-electron chi connectivity index (χ4n) is 1.87. The molecule has 0 bridgehead atoms. The number of hydrogen-bond acceptors (Lipinski definition) is 3. The smallest absolute Gasteiger partial charge is 0.162 e. The summed E-state index contributed by atoms with van der Waals surface area (Å²) in [7, 11) is 0. The predicted octanol–water partition coefficient (Wildman–Crippen LogP) is 3.20. The molecular weight excluding hydrogens is 250 g/mol. The fourth-order valence-corrected chi connectivity index (χ4v) is 2.21. The largest absolute Gasteiger partial charge is 0.489 e. The lowest BCUT2D eigenvalue weighted by atomic mass is 9.97. The van der Waals surface area contributed by atoms with E-state index in [4.69, 9.17) is 26.8 Å². The van der Waals surface area contributed by atoms with Crippen molar-refractivity contribution >= 4 is 11.6 Å². The molecule has 0 spiro atoms. The molecule has 1 unspecified atom stereocenters. The Morgan fingerprint density at radius 2 is 1.83 bits per heavy atom. The molecule has 0 saturated carbocycles. The van der Waals surface area contributed by atoms with Crippen LogP contribution in [0.4, 0.5) is 0 Å². The van der Waals surface area contributed by atoms with Crippen LogP contribution in [-0.2, 0) is 0 Å². The Hall–Kier alpha value is -0.930. The molecule has 1 atom stereocenters. The van der Waals surface area contributed by atoms with Gasteiger partial charge in [0.25, 0.3) is 0 Å². The van der Waals surface area contributed by atoms with Crippen LogP contribution in [0.5, 0.6) is 11.5 Å². The standard InChI is InChI=1S/C14H20ClNO2/c1-9(6-16)10-4-12-13(5-11(10)15)18-8-14(2,3)7-17-12/h4-5,9H,6-8,16H2,1-3H3. The van der Waals surface area contributed by atoms with E-state index in [1.54, 1.807) is 0 Å². The van der Waals surface area contributed by atoms with Crippen molar-refractivity contribution in [3.8, 4) is 11.5 Å². The summed E-state index contributed by atoms with van der Waals surface area (Å²) in [5.74, 6) is 1.70. The second kappa shape index (κ2) is 4.98. The number of rotatable bonds is 2. The lowest BCUT2D eigenvalue weighted by molar-refractivity contribution is 0.140. The summed E-state index contributed by atoms with van der Waals surface area (Å²) < 4.78 is 11.6. The van der Waals surface area contributed by atoms with Crippen molar-refractivity contribution in [1.82, 2.24) is 0 Å². The fraction of sp³-hybridized carbons (Fsp3) is 0.571. The van der Waals surface area contributed by atoms with Crippen molar-refractivity contribution < 1.29 is 9.47 Å². The number of fused-ring (bicyclic) bond motifs is 1. The van der Waals surface area contributed by atoms with Gasteiger partial charge in [0.15, 0.2) is 11.5 Å². The maximum Gasteiger partial charge on any atom is 0.162 e. The van der Waals surface area contributed by atoms with Crippen LogP contribution in [0, 0.1) is 5.41 Å². The molecule has 0 amide bonds. The molecule has 3 nitrogen and oxygen atoms in total. The van der Waals surface area contributed by atoms with Gasteiger partial charge in [0.1, 0.15) is 0 Å². The molecule has 0 saturated heterocycles. The summed E-state index contributed by atoms with van der Waals surface area (Å²) in [6.07, 6.45) is 0. The number of nitrogens with two attached hydrogens (primary N) is 1. The Morgan fingerprint density at radius 1 is 1.28 bits per heavy atom. The Labute approximate surface area is 113 Å². The molecule has 1 heterocycles. The molecule has 0 fully saturated rings. The van der Waals surface area contributed by atoms with Gasteiger partial charge in [-0.05, 0) is 24.1 Å². The zero-order valence-corrected chi connectivity index (χ0v) is 11.9. The number of ether oxygens (including phenoxy) is 2. The molecule has 100 valence electrons. The van der Waals surface area contributed by atoms with Gasteiger partial charge in [-0.25, -0.2) is 0 Å². The molecule has 2 rings (SSSR count). The van der Waals surface area contributed by atoms with Crippen molar-refractivity contribution in [3.05, 3.63) is 22.7 Å². The minimum absolute atomic E-state index is 0.00510. The van der Waals surface area contributed by atoms with Crippen molar-refractivity contribution in [2.45, 2.75) is 26.7 Å². The van der Waals surface area contributed by atoms with Gasteiger partial charge in [-0.15, -0.1) is 0 Å². The highest BCUT2D eigenvalue weighted by molar-refractivity contribution is 6.31. The summed E-state index contributed by atoms with van der Waals surface area (Å²) in [5, 5.41) is 0.690. The molecule has 1 aromatic carbocycles. The van der Waals surface area contributed by atoms with Gasteiger partial charge in [-0.1, -0.05) is 32.4 Å². The van der Waals surface area contributed by atoms with E-state index in [0.717, 1.165) is 17.1 Å². The predicted molar refractivity (Wildman–Crippen MR) is 73.7 cm³/mol. The van der Waals surface area contributed by atoms with Gasteiger partial charge in [-0.3, -0.25) is 0 Å². The molecule has 1 aliphatic rings. The van der Waals surface area contributed by atoms with E-state index in [9.17, 15) is 0 Å². The topological polar surface area (TPSA) is 44.5 Å². The van der Waals surface area contributed by atoms with Gasteiger partial charge in [-0.2, -0.15) is 0 Å². The van der Waals surface area contributed by atoms with Gasteiger partial charge >= 0.3 is 0 Å². The van der Waals surface area contributed by atoms with Crippen LogP contribution >= 0.6 is 11.6 Å². The normalized spacial score (nSPS) is 19.2. The third-order valence-corrected chi connectivity index (χ3v) is 3.51. The molecule has 0 aliphatic carbocycles. The molecule has 2 N–H and O–H groups in total. The zero-order chi connectivity index (χ0) is 13.3. The Kier molecular flexibility index (Phi) is 3.74. The van der Waals surface area contributed by atoms with Crippen molar-refractivity contribution in [2.75, 3.05) is 19.8 Å². The first-order chi connectivity index (χ1) is 8.43. The monoisotopic (exact) mass is 269 g/mol. The van der Waals surface area contributed by atoms with Crippen molar-refractivity contribution in [3.63, 3.8) is 0 Å². The summed E-state index contributed by atoms with van der Waals surface area (Å²) in [4.78, 5) is 0. The lowest BCUT2D eigenvalue weighted by Gasteiger charge is -2.19. The van der Waals surface area contributed by atoms with E-state index in [1.807, 2.05) is 12.1 Å². The summed E-state index contributed by atoms with van der Waals surface area (Å²) in [5.41, 5.74) is 6.71. The maximum atomic E-state index is 6.27. The van der Waals surface area contributed by atoms with Gasteiger partial charge < -0.3 is 15.2 Å². The Bertz CT molecular complexity index is 446. The highest BCUT2D eigenvalue weighted by Crippen LogP contribution is 2.39. The van der Waals surface area contributed by atoms with E-state index in [-0.39, 0.29) is 11.3 Å². The molecule has 4 heteroatoms. The van der Waals surface area contributed by atoms with E-state index in [1.165, 1.54) is 0 Å². The third-order valence-electron chi connectivity index (χ3n) is 3.18. The van der Waals surface area contributed by atoms with Crippen molar-refractivity contribution in [2.24, 2.45) is 11.1 Å². The second-order valence-electron chi connectivity index (χ2n) is 5.70. The minimum Gasteiger partial charge on any atom is -0.489 e. The first-order valence-corrected chi connectivity index (χ1v) is 6.60. The van der Waals surface area contributed by atoms with Crippen LogP contribution in [-0.4, -0.2) is 19.8 Å². The number of halogens is 1. The zero-order valence-electron chi connectivity index (χ0n) is 11.1. The van der Waals surface area contributed by atoms with Crippen LogP contribution < -0.4 is 15.2 Å². The van der Waals surface area contributed by atoms with Gasteiger partial charge in [0.05, 0.1) is 13.2 Å². The average Bonchev–Trinajstić information content (AvgIpc) is 2.47. The van der Waals surface area contributed by atoms with Crippen LogP contribution in [0.3, 0.4) is 0 Å². The maximum absolute atomic E-state index is 6.27. The van der Waals surface area contributed by atoms with Gasteiger partial charge in [0, 0.05) is 16.5 Å². The molecule has 18 heavy (non-hydrogen) atoms. The van der Waals surface area contributed by atoms with Crippen LogP contribution in [0.25, 0.3) is 0 Å².